The van der Waals surface area contributed by atoms with Crippen LogP contribution in [0.15, 0.2) is 96.3 Å². The lowest BCUT2D eigenvalue weighted by Gasteiger charge is -2.29. The summed E-state index contributed by atoms with van der Waals surface area (Å²) in [5, 5.41) is 15.2. The van der Waals surface area contributed by atoms with Gasteiger partial charge in [0.2, 0.25) is 0 Å². The molecule has 5 aromatic rings. The van der Waals surface area contributed by atoms with Gasteiger partial charge in [0.1, 0.15) is 0 Å². The van der Waals surface area contributed by atoms with Gasteiger partial charge in [0.05, 0.1) is 17.8 Å². The Balaban J connectivity index is 1.16. The molecule has 0 amide bonds. The molecular formula is C33H27Cl3N6O. The molecule has 0 atom stereocenters. The Morgan fingerprint density at radius 1 is 0.814 bits per heavy atom. The van der Waals surface area contributed by atoms with E-state index in [0.29, 0.717) is 58.9 Å². The number of carbonyl (C=O) groups is 1. The van der Waals surface area contributed by atoms with Crippen LogP contribution in [-0.2, 0) is 17.9 Å². The highest BCUT2D eigenvalue weighted by molar-refractivity contribution is 6.31. The Kier molecular flexibility index (Phi) is 8.86. The number of nitrogens with zero attached hydrogens (tertiary/aromatic N) is 5. The number of rotatable bonds is 8. The number of likely N-dealkylation sites (tertiary alicyclic amines) is 1. The van der Waals surface area contributed by atoms with Gasteiger partial charge in [-0.15, -0.1) is 5.10 Å². The summed E-state index contributed by atoms with van der Waals surface area (Å²) in [6.07, 6.45) is 7.58. The molecule has 43 heavy (non-hydrogen) atoms. The summed E-state index contributed by atoms with van der Waals surface area (Å²) >= 11 is 18.3. The SMILES string of the molecule is O=C1/C(=C\c2ccc(Cl)cc2)CN(Cc2cn(CCNc3ccnc4cc(Cl)ccc34)nn2)C/C1=C/c1ccc(Cl)cc1. The number of ketones is 1. The van der Waals surface area contributed by atoms with E-state index in [4.69, 9.17) is 34.8 Å². The van der Waals surface area contributed by atoms with Crippen LogP contribution >= 0.6 is 34.8 Å². The van der Waals surface area contributed by atoms with E-state index in [-0.39, 0.29) is 5.78 Å². The number of aromatic nitrogens is 4. The first-order valence-electron chi connectivity index (χ1n) is 13.8. The van der Waals surface area contributed by atoms with Gasteiger partial charge in [-0.05, 0) is 71.8 Å². The second-order valence-electron chi connectivity index (χ2n) is 10.3. The molecule has 3 aromatic carbocycles. The van der Waals surface area contributed by atoms with Crippen LogP contribution in [0.25, 0.3) is 23.1 Å². The first-order chi connectivity index (χ1) is 20.9. The summed E-state index contributed by atoms with van der Waals surface area (Å²) < 4.78 is 1.83. The molecular weight excluding hydrogens is 603 g/mol. The minimum Gasteiger partial charge on any atom is -0.383 e. The second-order valence-corrected chi connectivity index (χ2v) is 11.6. The molecule has 1 aliphatic rings. The number of hydrogen-bond donors (Lipinski definition) is 1. The minimum absolute atomic E-state index is 0.0294. The molecule has 1 aliphatic heterocycles. The third-order valence-electron chi connectivity index (χ3n) is 7.13. The Labute approximate surface area is 264 Å². The molecule has 0 saturated carbocycles. The van der Waals surface area contributed by atoms with Crippen molar-refractivity contribution in [2.75, 3.05) is 25.0 Å². The van der Waals surface area contributed by atoms with Crippen LogP contribution in [-0.4, -0.2) is 50.3 Å². The van der Waals surface area contributed by atoms with E-state index in [1.165, 1.54) is 0 Å². The summed E-state index contributed by atoms with van der Waals surface area (Å²) in [5.41, 5.74) is 5.91. The lowest BCUT2D eigenvalue weighted by molar-refractivity contribution is -0.113. The maximum Gasteiger partial charge on any atom is 0.187 e. The number of halogens is 3. The molecule has 1 fully saturated rings. The highest BCUT2D eigenvalue weighted by atomic mass is 35.5. The summed E-state index contributed by atoms with van der Waals surface area (Å²) in [6.45, 7) is 2.82. The van der Waals surface area contributed by atoms with Gasteiger partial charge >= 0.3 is 0 Å². The number of hydrogen-bond acceptors (Lipinski definition) is 6. The average Bonchev–Trinajstić information content (AvgIpc) is 3.44. The van der Waals surface area contributed by atoms with E-state index in [1.54, 1.807) is 6.20 Å². The Morgan fingerprint density at radius 3 is 2.09 bits per heavy atom. The number of Topliss-reactive ketones (excluding diaryl/α,β-unsaturated/α-hetero) is 1. The summed E-state index contributed by atoms with van der Waals surface area (Å²) in [6, 6.07) is 22.6. The van der Waals surface area contributed by atoms with Gasteiger partial charge in [-0.25, -0.2) is 0 Å². The molecule has 0 bridgehead atoms. The molecule has 10 heteroatoms. The number of anilines is 1. The number of piperidine rings is 1. The fourth-order valence-electron chi connectivity index (χ4n) is 5.07. The molecule has 6 rings (SSSR count). The van der Waals surface area contributed by atoms with Crippen molar-refractivity contribution >= 4 is 69.3 Å². The lowest BCUT2D eigenvalue weighted by Crippen LogP contribution is -2.37. The second kappa shape index (κ2) is 13.1. The van der Waals surface area contributed by atoms with Gasteiger partial charge in [0, 0.05) is 75.9 Å². The standard InChI is InChI=1S/C33H27Cl3N6O/c34-26-5-1-22(2-6-26)15-24-18-41(19-25(33(24)43)16-23-3-7-27(35)8-4-23)20-29-21-42(40-39-29)14-13-38-31-11-12-37-32-17-28(36)9-10-30(31)32/h1-12,15-17,21H,13-14,18-20H2,(H,37,38)/b24-15-,25-16-. The largest absolute Gasteiger partial charge is 0.383 e. The highest BCUT2D eigenvalue weighted by Crippen LogP contribution is 2.26. The smallest absolute Gasteiger partial charge is 0.187 e. The van der Waals surface area contributed by atoms with Crippen molar-refractivity contribution in [1.29, 1.82) is 0 Å². The molecule has 1 N–H and O–H groups in total. The summed E-state index contributed by atoms with van der Waals surface area (Å²) in [4.78, 5) is 20.1. The molecule has 0 radical (unpaired) electrons. The predicted molar refractivity (Wildman–Crippen MR) is 174 cm³/mol. The molecule has 3 heterocycles. The topological polar surface area (TPSA) is 75.9 Å². The monoisotopic (exact) mass is 628 g/mol. The fraction of sp³-hybridized carbons (Fsp3) is 0.152. The van der Waals surface area contributed by atoms with Gasteiger partial charge in [0.25, 0.3) is 0 Å². The lowest BCUT2D eigenvalue weighted by atomic mass is 9.94. The van der Waals surface area contributed by atoms with Crippen LogP contribution < -0.4 is 5.32 Å². The zero-order chi connectivity index (χ0) is 29.8. The predicted octanol–water partition coefficient (Wildman–Crippen LogP) is 7.45. The van der Waals surface area contributed by atoms with Crippen molar-refractivity contribution in [3.05, 3.63) is 128 Å². The average molecular weight is 630 g/mol. The van der Waals surface area contributed by atoms with E-state index in [0.717, 1.165) is 33.4 Å². The van der Waals surface area contributed by atoms with Gasteiger partial charge in [0.15, 0.2) is 5.78 Å². The number of carbonyl (C=O) groups excluding carboxylic acids is 1. The number of nitrogens with one attached hydrogen (secondary N) is 1. The molecule has 2 aromatic heterocycles. The molecule has 0 spiro atoms. The molecule has 216 valence electrons. The zero-order valence-electron chi connectivity index (χ0n) is 23.1. The summed E-state index contributed by atoms with van der Waals surface area (Å²) in [5.74, 6) is 0.0294. The third-order valence-corrected chi connectivity index (χ3v) is 7.86. The van der Waals surface area contributed by atoms with Crippen LogP contribution in [0.2, 0.25) is 15.1 Å². The molecule has 1 saturated heterocycles. The minimum atomic E-state index is 0.0294. The summed E-state index contributed by atoms with van der Waals surface area (Å²) in [7, 11) is 0. The van der Waals surface area contributed by atoms with Gasteiger partial charge < -0.3 is 5.32 Å². The van der Waals surface area contributed by atoms with Crippen LogP contribution in [0, 0.1) is 0 Å². The van der Waals surface area contributed by atoms with E-state index in [1.807, 2.05) is 95.8 Å². The van der Waals surface area contributed by atoms with Crippen LogP contribution in [0.3, 0.4) is 0 Å². The van der Waals surface area contributed by atoms with Crippen LogP contribution in [0.5, 0.6) is 0 Å². The quantitative estimate of drug-likeness (QED) is 0.180. The number of fused-ring (bicyclic) bond motifs is 1. The maximum atomic E-state index is 13.5. The maximum absolute atomic E-state index is 13.5. The third kappa shape index (κ3) is 7.32. The van der Waals surface area contributed by atoms with Gasteiger partial charge in [-0.2, -0.15) is 0 Å². The van der Waals surface area contributed by atoms with E-state index >= 15 is 0 Å². The van der Waals surface area contributed by atoms with E-state index in [2.05, 4.69) is 25.5 Å². The van der Waals surface area contributed by atoms with Gasteiger partial charge in [-0.3, -0.25) is 19.4 Å². The Morgan fingerprint density at radius 2 is 1.44 bits per heavy atom. The zero-order valence-corrected chi connectivity index (χ0v) is 25.3. The van der Waals surface area contributed by atoms with E-state index < -0.39 is 0 Å². The van der Waals surface area contributed by atoms with Crippen molar-refractivity contribution < 1.29 is 4.79 Å². The normalized spacial score (nSPS) is 15.9. The van der Waals surface area contributed by atoms with Crippen molar-refractivity contribution in [2.24, 2.45) is 0 Å². The molecule has 0 aliphatic carbocycles. The van der Waals surface area contributed by atoms with Crippen LogP contribution in [0.1, 0.15) is 16.8 Å². The molecule has 0 unspecified atom stereocenters. The van der Waals surface area contributed by atoms with Gasteiger partial charge in [-0.1, -0.05) is 64.3 Å². The first-order valence-corrected chi connectivity index (χ1v) is 14.9. The van der Waals surface area contributed by atoms with Crippen molar-refractivity contribution in [3.8, 4) is 0 Å². The van der Waals surface area contributed by atoms with Crippen molar-refractivity contribution in [2.45, 2.75) is 13.1 Å². The van der Waals surface area contributed by atoms with Crippen LogP contribution in [0.4, 0.5) is 5.69 Å². The number of pyridine rings is 1. The first kappa shape index (κ1) is 29.1. The Hall–Kier alpha value is -4.01. The van der Waals surface area contributed by atoms with Crippen molar-refractivity contribution in [3.63, 3.8) is 0 Å². The highest BCUT2D eigenvalue weighted by Gasteiger charge is 2.27. The molecule has 7 nitrogen and oxygen atoms in total. The van der Waals surface area contributed by atoms with E-state index in [9.17, 15) is 4.79 Å². The Bertz CT molecular complexity index is 1760. The fourth-order valence-corrected chi connectivity index (χ4v) is 5.49. The number of benzene rings is 3. The van der Waals surface area contributed by atoms with Crippen molar-refractivity contribution in [1.82, 2.24) is 24.9 Å².